The third-order valence-corrected chi connectivity index (χ3v) is 6.54. The van der Waals surface area contributed by atoms with Crippen LogP contribution in [0, 0.1) is 17.2 Å². The molecule has 1 aliphatic heterocycles. The van der Waals surface area contributed by atoms with Gasteiger partial charge in [0.1, 0.15) is 15.4 Å². The van der Waals surface area contributed by atoms with Crippen LogP contribution in [0.4, 0.5) is 0 Å². The van der Waals surface area contributed by atoms with Gasteiger partial charge in [-0.05, 0) is 48.4 Å². The summed E-state index contributed by atoms with van der Waals surface area (Å²) in [5, 5.41) is 9.43. The predicted molar refractivity (Wildman–Crippen MR) is 124 cm³/mol. The Balaban J connectivity index is 1.50. The SMILES string of the molecule is CS(=O)(=O)CCC(C#N)c1ccc(CC2C=C(c3ccnc4[nH]cnc34)C=NCC2)nc1. The molecule has 4 rings (SSSR count). The third-order valence-electron chi connectivity index (χ3n) is 5.56. The number of allylic oxidation sites excluding steroid dienone is 2. The van der Waals surface area contributed by atoms with E-state index in [9.17, 15) is 13.7 Å². The number of imidazole rings is 1. The zero-order chi connectivity index (χ0) is 22.6. The third kappa shape index (κ3) is 5.26. The highest BCUT2D eigenvalue weighted by molar-refractivity contribution is 7.90. The Bertz CT molecular complexity index is 1300. The average molecular weight is 449 g/mol. The number of hydrogen-bond donors (Lipinski definition) is 1. The lowest BCUT2D eigenvalue weighted by Crippen LogP contribution is -2.09. The van der Waals surface area contributed by atoms with Crippen LogP contribution in [0.2, 0.25) is 0 Å². The lowest BCUT2D eigenvalue weighted by molar-refractivity contribution is 0.593. The van der Waals surface area contributed by atoms with Gasteiger partial charge in [0.2, 0.25) is 0 Å². The summed E-state index contributed by atoms with van der Waals surface area (Å²) in [6.07, 6.45) is 12.3. The second-order valence-electron chi connectivity index (χ2n) is 8.05. The number of aromatic amines is 1. The number of aliphatic imine (C=N–C) groups is 1. The zero-order valence-electron chi connectivity index (χ0n) is 17.8. The predicted octanol–water partition coefficient (Wildman–Crippen LogP) is 3.11. The molecule has 2 atom stereocenters. The van der Waals surface area contributed by atoms with Gasteiger partial charge < -0.3 is 4.98 Å². The molecule has 164 valence electrons. The van der Waals surface area contributed by atoms with Crippen LogP contribution in [-0.4, -0.2) is 53.1 Å². The van der Waals surface area contributed by atoms with E-state index in [1.807, 2.05) is 24.4 Å². The van der Waals surface area contributed by atoms with Crippen LogP contribution in [0.1, 0.15) is 35.6 Å². The number of aromatic nitrogens is 4. The van der Waals surface area contributed by atoms with E-state index in [1.54, 1.807) is 18.7 Å². The maximum atomic E-state index is 11.4. The summed E-state index contributed by atoms with van der Waals surface area (Å²) in [6, 6.07) is 7.96. The summed E-state index contributed by atoms with van der Waals surface area (Å²) in [5.41, 5.74) is 5.27. The fourth-order valence-corrected chi connectivity index (χ4v) is 4.52. The molecule has 0 fully saturated rings. The Morgan fingerprint density at radius 3 is 2.88 bits per heavy atom. The van der Waals surface area contributed by atoms with E-state index in [0.29, 0.717) is 0 Å². The van der Waals surface area contributed by atoms with Crippen molar-refractivity contribution >= 4 is 32.8 Å². The van der Waals surface area contributed by atoms with Crippen molar-refractivity contribution in [3.8, 4) is 6.07 Å². The first-order valence-corrected chi connectivity index (χ1v) is 12.5. The Labute approximate surface area is 187 Å². The van der Waals surface area contributed by atoms with Gasteiger partial charge in [-0.2, -0.15) is 5.26 Å². The molecule has 1 aliphatic rings. The van der Waals surface area contributed by atoms with Crippen molar-refractivity contribution in [3.05, 3.63) is 59.8 Å². The monoisotopic (exact) mass is 448 g/mol. The molecule has 0 saturated heterocycles. The average Bonchev–Trinajstić information content (AvgIpc) is 3.14. The second kappa shape index (κ2) is 9.40. The molecule has 0 aliphatic carbocycles. The topological polar surface area (TPSA) is 125 Å². The number of nitrogens with zero attached hydrogens (tertiary/aromatic N) is 5. The molecule has 0 aromatic carbocycles. The highest BCUT2D eigenvalue weighted by Crippen LogP contribution is 2.26. The molecule has 3 aromatic rings. The molecule has 0 saturated carbocycles. The van der Waals surface area contributed by atoms with E-state index in [-0.39, 0.29) is 18.1 Å². The number of fused-ring (bicyclic) bond motifs is 1. The first-order valence-electron chi connectivity index (χ1n) is 10.5. The molecule has 8 nitrogen and oxygen atoms in total. The van der Waals surface area contributed by atoms with Crippen LogP contribution >= 0.6 is 0 Å². The first-order chi connectivity index (χ1) is 15.4. The van der Waals surface area contributed by atoms with Crippen LogP contribution < -0.4 is 0 Å². The summed E-state index contributed by atoms with van der Waals surface area (Å²) < 4.78 is 22.8. The lowest BCUT2D eigenvalue weighted by Gasteiger charge is -2.13. The van der Waals surface area contributed by atoms with Crippen LogP contribution in [0.5, 0.6) is 0 Å². The van der Waals surface area contributed by atoms with Crippen LogP contribution in [0.25, 0.3) is 16.7 Å². The lowest BCUT2D eigenvalue weighted by atomic mass is 9.94. The minimum absolute atomic E-state index is 0.0130. The molecule has 3 aromatic heterocycles. The Morgan fingerprint density at radius 2 is 2.12 bits per heavy atom. The number of nitriles is 1. The van der Waals surface area contributed by atoms with Crippen molar-refractivity contribution in [3.63, 3.8) is 0 Å². The fourth-order valence-electron chi connectivity index (χ4n) is 3.85. The second-order valence-corrected chi connectivity index (χ2v) is 10.3. The Morgan fingerprint density at radius 1 is 1.25 bits per heavy atom. The van der Waals surface area contributed by atoms with E-state index in [1.165, 1.54) is 6.26 Å². The number of hydrogen-bond acceptors (Lipinski definition) is 7. The maximum Gasteiger partial charge on any atom is 0.157 e. The van der Waals surface area contributed by atoms with E-state index in [4.69, 9.17) is 0 Å². The standard InChI is InChI=1S/C23H24N6O2S/c1-32(30,31)9-6-17(12-24)18-2-3-20(27-14-18)11-16-4-7-25-13-19(10-16)21-5-8-26-23-22(21)28-15-29-23/h2-3,5,8,10,13-17H,4,6-7,9,11H2,1H3,(H,26,28,29). The van der Waals surface area contributed by atoms with Gasteiger partial charge in [0.15, 0.2) is 5.65 Å². The molecule has 1 N–H and O–H groups in total. The zero-order valence-corrected chi connectivity index (χ0v) is 18.6. The first kappa shape index (κ1) is 21.8. The summed E-state index contributed by atoms with van der Waals surface area (Å²) >= 11 is 0. The summed E-state index contributed by atoms with van der Waals surface area (Å²) in [6.45, 7) is 0.736. The van der Waals surface area contributed by atoms with Gasteiger partial charge in [-0.15, -0.1) is 0 Å². The van der Waals surface area contributed by atoms with Crippen molar-refractivity contribution < 1.29 is 8.42 Å². The molecule has 0 spiro atoms. The van der Waals surface area contributed by atoms with Gasteiger partial charge in [0.05, 0.1) is 24.1 Å². The molecule has 2 unspecified atom stereocenters. The number of H-pyrrole nitrogens is 1. The van der Waals surface area contributed by atoms with Crippen LogP contribution in [-0.2, 0) is 16.3 Å². The number of pyridine rings is 2. The van der Waals surface area contributed by atoms with E-state index < -0.39 is 15.8 Å². The van der Waals surface area contributed by atoms with Gasteiger partial charge in [-0.1, -0.05) is 12.1 Å². The largest absolute Gasteiger partial charge is 0.329 e. The van der Waals surface area contributed by atoms with Crippen molar-refractivity contribution in [1.82, 2.24) is 19.9 Å². The maximum absolute atomic E-state index is 11.4. The Kier molecular flexibility index (Phi) is 6.42. The van der Waals surface area contributed by atoms with E-state index in [0.717, 1.165) is 52.9 Å². The van der Waals surface area contributed by atoms with Gasteiger partial charge in [-0.3, -0.25) is 9.98 Å². The van der Waals surface area contributed by atoms with Crippen LogP contribution in [0.15, 0.2) is 48.0 Å². The van der Waals surface area contributed by atoms with Gasteiger partial charge >= 0.3 is 0 Å². The smallest absolute Gasteiger partial charge is 0.157 e. The number of nitrogens with one attached hydrogen (secondary N) is 1. The summed E-state index contributed by atoms with van der Waals surface area (Å²) in [5.74, 6) is -0.238. The molecular formula is C23H24N6O2S. The van der Waals surface area contributed by atoms with E-state index >= 15 is 0 Å². The molecule has 9 heteroatoms. The quantitative estimate of drug-likeness (QED) is 0.592. The van der Waals surface area contributed by atoms with Crippen LogP contribution in [0.3, 0.4) is 0 Å². The van der Waals surface area contributed by atoms with Crippen molar-refractivity contribution in [1.29, 1.82) is 5.26 Å². The van der Waals surface area contributed by atoms with Crippen molar-refractivity contribution in [2.45, 2.75) is 25.2 Å². The number of sulfone groups is 1. The number of rotatable bonds is 7. The molecule has 4 heterocycles. The van der Waals surface area contributed by atoms with Crippen molar-refractivity contribution in [2.24, 2.45) is 10.9 Å². The highest BCUT2D eigenvalue weighted by atomic mass is 32.2. The van der Waals surface area contributed by atoms with Gasteiger partial charge in [-0.25, -0.2) is 18.4 Å². The normalized spacial score (nSPS) is 17.5. The molecule has 0 amide bonds. The fraction of sp³-hybridized carbons (Fsp3) is 0.348. The molecule has 0 radical (unpaired) electrons. The summed E-state index contributed by atoms with van der Waals surface area (Å²) in [4.78, 5) is 20.9. The molecule has 0 bridgehead atoms. The van der Waals surface area contributed by atoms with Crippen molar-refractivity contribution in [2.75, 3.05) is 18.6 Å². The minimum atomic E-state index is -3.11. The molecular weight excluding hydrogens is 424 g/mol. The van der Waals surface area contributed by atoms with Gasteiger partial charge in [0, 0.05) is 42.7 Å². The van der Waals surface area contributed by atoms with Gasteiger partial charge in [0.25, 0.3) is 0 Å². The summed E-state index contributed by atoms with van der Waals surface area (Å²) in [7, 11) is -3.11. The highest BCUT2D eigenvalue weighted by Gasteiger charge is 2.17. The van der Waals surface area contributed by atoms with E-state index in [2.05, 4.69) is 37.1 Å². The molecule has 32 heavy (non-hydrogen) atoms. The minimum Gasteiger partial charge on any atom is -0.329 e. The Hall–Kier alpha value is -3.38.